The van der Waals surface area contributed by atoms with E-state index < -0.39 is 5.91 Å². The minimum atomic E-state index is -0.420. The van der Waals surface area contributed by atoms with Gasteiger partial charge in [-0.25, -0.2) is 0 Å². The second-order valence-corrected chi connectivity index (χ2v) is 7.16. The number of aromatic nitrogens is 1. The second-order valence-electron chi connectivity index (χ2n) is 6.15. The molecule has 0 bridgehead atoms. The van der Waals surface area contributed by atoms with Gasteiger partial charge in [0.15, 0.2) is 16.3 Å². The molecule has 2 aromatic carbocycles. The summed E-state index contributed by atoms with van der Waals surface area (Å²) in [5.41, 5.74) is 1.22. The van der Waals surface area contributed by atoms with Gasteiger partial charge >= 0.3 is 0 Å². The third-order valence-corrected chi connectivity index (χ3v) is 5.43. The summed E-state index contributed by atoms with van der Waals surface area (Å²) in [6.45, 7) is 6.80. The van der Waals surface area contributed by atoms with E-state index in [1.54, 1.807) is 18.2 Å². The van der Waals surface area contributed by atoms with Gasteiger partial charge in [-0.2, -0.15) is 4.99 Å². The van der Waals surface area contributed by atoms with Crippen LogP contribution in [-0.4, -0.2) is 38.4 Å². The maximum atomic E-state index is 13.0. The Kier molecular flexibility index (Phi) is 6.79. The number of rotatable bonds is 8. The first-order valence-electron chi connectivity index (χ1n) is 9.33. The van der Waals surface area contributed by atoms with Crippen molar-refractivity contribution in [2.45, 2.75) is 13.5 Å². The first kappa shape index (κ1) is 21.4. The molecular formula is C22H24N2O5S. The number of ether oxygens (including phenoxy) is 4. The number of carbonyl (C=O) groups excluding carboxylic acids is 1. The van der Waals surface area contributed by atoms with Crippen molar-refractivity contribution in [1.29, 1.82) is 0 Å². The van der Waals surface area contributed by atoms with Crippen LogP contribution in [0.15, 0.2) is 48.0 Å². The summed E-state index contributed by atoms with van der Waals surface area (Å²) in [4.78, 5) is 17.9. The van der Waals surface area contributed by atoms with Crippen molar-refractivity contribution >= 4 is 27.5 Å². The summed E-state index contributed by atoms with van der Waals surface area (Å²) < 4.78 is 24.7. The molecule has 3 rings (SSSR count). The summed E-state index contributed by atoms with van der Waals surface area (Å²) in [5.74, 6) is 1.53. The fourth-order valence-corrected chi connectivity index (χ4v) is 4.16. The summed E-state index contributed by atoms with van der Waals surface area (Å²) >= 11 is 1.41. The zero-order valence-electron chi connectivity index (χ0n) is 17.4. The largest absolute Gasteiger partial charge is 0.493 e. The van der Waals surface area contributed by atoms with Gasteiger partial charge in [-0.15, -0.1) is 6.58 Å². The molecule has 0 saturated carbocycles. The van der Waals surface area contributed by atoms with Crippen LogP contribution in [0.4, 0.5) is 0 Å². The average molecular weight is 429 g/mol. The number of amides is 1. The summed E-state index contributed by atoms with van der Waals surface area (Å²) in [7, 11) is 4.52. The summed E-state index contributed by atoms with van der Waals surface area (Å²) in [6, 6.07) is 8.98. The van der Waals surface area contributed by atoms with Crippen LogP contribution >= 0.6 is 11.3 Å². The number of benzene rings is 2. The van der Waals surface area contributed by atoms with Gasteiger partial charge in [-0.3, -0.25) is 4.79 Å². The van der Waals surface area contributed by atoms with Crippen LogP contribution in [-0.2, 0) is 6.54 Å². The molecule has 1 aromatic heterocycles. The number of hydrogen-bond acceptors (Lipinski definition) is 6. The van der Waals surface area contributed by atoms with Crippen LogP contribution in [0, 0.1) is 0 Å². The molecule has 1 amide bonds. The molecule has 30 heavy (non-hydrogen) atoms. The van der Waals surface area contributed by atoms with Gasteiger partial charge in [0.2, 0.25) is 5.75 Å². The van der Waals surface area contributed by atoms with E-state index >= 15 is 0 Å². The number of para-hydroxylation sites is 1. The van der Waals surface area contributed by atoms with Gasteiger partial charge in [-0.05, 0) is 31.2 Å². The van der Waals surface area contributed by atoms with Gasteiger partial charge < -0.3 is 23.5 Å². The molecule has 8 heteroatoms. The Bertz CT molecular complexity index is 1120. The molecular weight excluding hydrogens is 404 g/mol. The first-order chi connectivity index (χ1) is 14.6. The van der Waals surface area contributed by atoms with Crippen molar-refractivity contribution in [3.8, 4) is 23.0 Å². The summed E-state index contributed by atoms with van der Waals surface area (Å²) in [5, 5.41) is 0. The van der Waals surface area contributed by atoms with Gasteiger partial charge in [0.05, 0.1) is 32.6 Å². The number of hydrogen-bond donors (Lipinski definition) is 0. The van der Waals surface area contributed by atoms with Gasteiger partial charge in [0, 0.05) is 12.1 Å². The van der Waals surface area contributed by atoms with E-state index in [0.29, 0.717) is 40.8 Å². The van der Waals surface area contributed by atoms with Crippen LogP contribution in [0.5, 0.6) is 23.0 Å². The van der Waals surface area contributed by atoms with Crippen molar-refractivity contribution < 1.29 is 23.7 Å². The lowest BCUT2D eigenvalue weighted by Gasteiger charge is -2.12. The molecule has 0 atom stereocenters. The highest BCUT2D eigenvalue weighted by Gasteiger charge is 2.18. The molecule has 0 N–H and O–H groups in total. The fourth-order valence-electron chi connectivity index (χ4n) is 3.11. The molecule has 0 aliphatic heterocycles. The molecule has 0 saturated heterocycles. The Morgan fingerprint density at radius 3 is 2.40 bits per heavy atom. The lowest BCUT2D eigenvalue weighted by atomic mass is 10.1. The van der Waals surface area contributed by atoms with Crippen molar-refractivity contribution in [2.24, 2.45) is 4.99 Å². The Morgan fingerprint density at radius 1 is 1.13 bits per heavy atom. The van der Waals surface area contributed by atoms with Crippen molar-refractivity contribution in [1.82, 2.24) is 4.57 Å². The van der Waals surface area contributed by atoms with Crippen molar-refractivity contribution in [2.75, 3.05) is 27.9 Å². The fraction of sp³-hybridized carbons (Fsp3) is 0.273. The zero-order chi connectivity index (χ0) is 21.7. The van der Waals surface area contributed by atoms with E-state index in [-0.39, 0.29) is 0 Å². The summed E-state index contributed by atoms with van der Waals surface area (Å²) in [6.07, 6.45) is 1.76. The predicted octanol–water partition coefficient (Wildman–Crippen LogP) is 4.05. The maximum absolute atomic E-state index is 13.0. The third kappa shape index (κ3) is 4.04. The van der Waals surface area contributed by atoms with Crippen molar-refractivity contribution in [3.05, 3.63) is 53.4 Å². The van der Waals surface area contributed by atoms with Crippen molar-refractivity contribution in [3.63, 3.8) is 0 Å². The minimum absolute atomic E-state index is 0.331. The first-order valence-corrected chi connectivity index (χ1v) is 10.1. The van der Waals surface area contributed by atoms with E-state index in [1.165, 1.54) is 32.7 Å². The number of methoxy groups -OCH3 is 3. The topological polar surface area (TPSA) is 71.3 Å². The number of carbonyl (C=O) groups is 1. The second kappa shape index (κ2) is 9.49. The Balaban J connectivity index is 2.17. The molecule has 7 nitrogen and oxygen atoms in total. The van der Waals surface area contributed by atoms with E-state index in [0.717, 1.165) is 16.0 Å². The lowest BCUT2D eigenvalue weighted by molar-refractivity contribution is 0.0997. The van der Waals surface area contributed by atoms with Crippen LogP contribution in [0.3, 0.4) is 0 Å². The molecule has 0 aliphatic carbocycles. The molecule has 0 unspecified atom stereocenters. The normalized spacial score (nSPS) is 11.4. The number of nitrogens with zero attached hydrogens (tertiary/aromatic N) is 2. The SMILES string of the molecule is C=CCn1c(=NC(=O)c2cc(OC)c(OC)c(OC)c2)sc2cccc(OCC)c21. The van der Waals surface area contributed by atoms with E-state index in [4.69, 9.17) is 18.9 Å². The molecule has 0 radical (unpaired) electrons. The van der Waals surface area contributed by atoms with Crippen LogP contribution in [0.25, 0.3) is 10.2 Å². The van der Waals surface area contributed by atoms with Gasteiger partial charge in [0.25, 0.3) is 5.91 Å². The predicted molar refractivity (Wildman–Crippen MR) is 117 cm³/mol. The van der Waals surface area contributed by atoms with Crippen LogP contribution in [0.2, 0.25) is 0 Å². The highest BCUT2D eigenvalue weighted by Crippen LogP contribution is 2.38. The smallest absolute Gasteiger partial charge is 0.279 e. The number of fused-ring (bicyclic) bond motifs is 1. The quantitative estimate of drug-likeness (QED) is 0.506. The molecule has 1 heterocycles. The average Bonchev–Trinajstić information content (AvgIpc) is 3.10. The Morgan fingerprint density at radius 2 is 1.83 bits per heavy atom. The zero-order valence-corrected chi connectivity index (χ0v) is 18.2. The molecule has 0 fully saturated rings. The molecule has 0 spiro atoms. The number of allylic oxidation sites excluding steroid dienone is 1. The van der Waals surface area contributed by atoms with E-state index in [9.17, 15) is 4.79 Å². The monoisotopic (exact) mass is 428 g/mol. The number of thiazole rings is 1. The molecule has 3 aromatic rings. The Labute approximate surface area is 178 Å². The van der Waals surface area contributed by atoms with Crippen LogP contribution in [0.1, 0.15) is 17.3 Å². The maximum Gasteiger partial charge on any atom is 0.279 e. The van der Waals surface area contributed by atoms with Gasteiger partial charge in [-0.1, -0.05) is 23.5 Å². The molecule has 0 aliphatic rings. The molecule has 158 valence electrons. The lowest BCUT2D eigenvalue weighted by Crippen LogP contribution is -2.17. The minimum Gasteiger partial charge on any atom is -0.493 e. The van der Waals surface area contributed by atoms with E-state index in [1.807, 2.05) is 29.7 Å². The highest BCUT2D eigenvalue weighted by atomic mass is 32.1. The third-order valence-electron chi connectivity index (χ3n) is 4.38. The van der Waals surface area contributed by atoms with Gasteiger partial charge in [0.1, 0.15) is 11.3 Å². The highest BCUT2D eigenvalue weighted by molar-refractivity contribution is 7.16. The van der Waals surface area contributed by atoms with Crippen LogP contribution < -0.4 is 23.7 Å². The standard InChI is InChI=1S/C22H24N2O5S/c1-6-11-24-19-15(29-7-2)9-8-10-18(19)30-22(24)23-21(25)14-12-16(26-3)20(28-5)17(13-14)27-4/h6,8-10,12-13H,1,7,11H2,2-5H3. The van der Waals surface area contributed by atoms with E-state index in [2.05, 4.69) is 11.6 Å². The Hall–Kier alpha value is -3.26.